The fourth-order valence-electron chi connectivity index (χ4n) is 2.84. The van der Waals surface area contributed by atoms with Gasteiger partial charge in [-0.1, -0.05) is 30.3 Å². The Hall–Kier alpha value is -4.01. The Balaban J connectivity index is 1.44. The van der Waals surface area contributed by atoms with Crippen molar-refractivity contribution in [2.24, 2.45) is 0 Å². The van der Waals surface area contributed by atoms with Crippen molar-refractivity contribution in [2.45, 2.75) is 19.4 Å². The summed E-state index contributed by atoms with van der Waals surface area (Å²) in [5.74, 6) is -2.96. The first-order chi connectivity index (χ1) is 14.4. The Morgan fingerprint density at radius 1 is 0.900 bits per heavy atom. The molecule has 0 saturated heterocycles. The lowest BCUT2D eigenvalue weighted by molar-refractivity contribution is -0.155. The van der Waals surface area contributed by atoms with Crippen molar-refractivity contribution in [3.63, 3.8) is 0 Å². The van der Waals surface area contributed by atoms with Gasteiger partial charge in [-0.2, -0.15) is 0 Å². The Bertz CT molecular complexity index is 970. The van der Waals surface area contributed by atoms with Gasteiger partial charge in [0.1, 0.15) is 0 Å². The lowest BCUT2D eigenvalue weighted by Crippen LogP contribution is -2.46. The molecule has 0 aromatic heterocycles. The molecule has 2 N–H and O–H groups in total. The summed E-state index contributed by atoms with van der Waals surface area (Å²) in [6.45, 7) is 1.17. The number of esters is 1. The van der Waals surface area contributed by atoms with Crippen molar-refractivity contribution >= 4 is 29.6 Å². The van der Waals surface area contributed by atoms with E-state index in [1.54, 1.807) is 54.6 Å². The van der Waals surface area contributed by atoms with Gasteiger partial charge in [-0.25, -0.2) is 0 Å². The molecule has 2 aromatic rings. The van der Waals surface area contributed by atoms with Crippen LogP contribution < -0.4 is 10.9 Å². The van der Waals surface area contributed by atoms with Crippen LogP contribution >= 0.6 is 0 Å². The summed E-state index contributed by atoms with van der Waals surface area (Å²) in [5.41, 5.74) is 5.33. The van der Waals surface area contributed by atoms with Crippen molar-refractivity contribution in [1.82, 2.24) is 15.8 Å². The molecule has 9 nitrogen and oxygen atoms in total. The largest absolute Gasteiger partial charge is 0.452 e. The first kappa shape index (κ1) is 20.7. The van der Waals surface area contributed by atoms with E-state index < -0.39 is 35.7 Å². The van der Waals surface area contributed by atoms with Gasteiger partial charge in [-0.05, 0) is 31.2 Å². The van der Waals surface area contributed by atoms with Crippen molar-refractivity contribution in [1.29, 1.82) is 0 Å². The molecule has 0 unspecified atom stereocenters. The van der Waals surface area contributed by atoms with E-state index in [1.807, 2.05) is 0 Å². The Morgan fingerprint density at radius 2 is 1.47 bits per heavy atom. The number of nitrogens with one attached hydrogen (secondary N) is 2. The molecule has 0 bridgehead atoms. The second-order valence-electron chi connectivity index (χ2n) is 6.50. The number of benzene rings is 2. The first-order valence-electron chi connectivity index (χ1n) is 9.18. The molecule has 1 heterocycles. The third kappa shape index (κ3) is 4.52. The minimum absolute atomic E-state index is 0.162. The predicted molar refractivity (Wildman–Crippen MR) is 104 cm³/mol. The molecular weight excluding hydrogens is 390 g/mol. The molecule has 30 heavy (non-hydrogen) atoms. The topological polar surface area (TPSA) is 122 Å². The van der Waals surface area contributed by atoms with Crippen LogP contribution in [-0.2, 0) is 14.3 Å². The Labute approximate surface area is 172 Å². The summed E-state index contributed by atoms with van der Waals surface area (Å²) in [4.78, 5) is 61.4. The quantitative estimate of drug-likeness (QED) is 0.418. The lowest BCUT2D eigenvalue weighted by atomic mass is 10.1. The van der Waals surface area contributed by atoms with Gasteiger partial charge in [-0.15, -0.1) is 0 Å². The number of hydrogen-bond donors (Lipinski definition) is 2. The van der Waals surface area contributed by atoms with Gasteiger partial charge in [0.25, 0.3) is 23.6 Å². The van der Waals surface area contributed by atoms with E-state index in [2.05, 4.69) is 10.9 Å². The summed E-state index contributed by atoms with van der Waals surface area (Å²) in [6, 6.07) is 14.6. The van der Waals surface area contributed by atoms with Crippen molar-refractivity contribution in [3.8, 4) is 0 Å². The van der Waals surface area contributed by atoms with Crippen LogP contribution in [0.2, 0.25) is 0 Å². The molecule has 1 aliphatic heterocycles. The molecule has 9 heteroatoms. The highest BCUT2D eigenvalue weighted by Gasteiger charge is 2.35. The zero-order valence-corrected chi connectivity index (χ0v) is 16.1. The van der Waals surface area contributed by atoms with Crippen molar-refractivity contribution < 1.29 is 28.7 Å². The normalized spacial score (nSPS) is 13.4. The number of fused-ring (bicyclic) bond motifs is 1. The van der Waals surface area contributed by atoms with Crippen LogP contribution in [0.25, 0.3) is 0 Å². The zero-order valence-electron chi connectivity index (χ0n) is 16.1. The molecule has 1 aliphatic rings. The van der Waals surface area contributed by atoms with E-state index in [9.17, 15) is 24.0 Å². The summed E-state index contributed by atoms with van der Waals surface area (Å²) >= 11 is 0. The molecule has 2 aromatic carbocycles. The summed E-state index contributed by atoms with van der Waals surface area (Å²) in [5, 5.41) is 0. The monoisotopic (exact) mass is 409 g/mol. The van der Waals surface area contributed by atoms with Crippen LogP contribution in [0.1, 0.15) is 44.4 Å². The minimum atomic E-state index is -1.18. The number of ether oxygens (including phenoxy) is 1. The van der Waals surface area contributed by atoms with E-state index >= 15 is 0 Å². The van der Waals surface area contributed by atoms with Gasteiger partial charge in [0.15, 0.2) is 6.10 Å². The van der Waals surface area contributed by atoms with Gasteiger partial charge in [-0.3, -0.25) is 39.7 Å². The number of carbonyl (C=O) groups excluding carboxylic acids is 5. The summed E-state index contributed by atoms with van der Waals surface area (Å²) in [7, 11) is 0. The molecule has 0 radical (unpaired) electrons. The second kappa shape index (κ2) is 8.99. The number of nitrogens with zero attached hydrogens (tertiary/aromatic N) is 1. The number of imide groups is 1. The van der Waals surface area contributed by atoms with E-state index in [0.29, 0.717) is 5.56 Å². The average molecular weight is 409 g/mol. The molecule has 0 fully saturated rings. The van der Waals surface area contributed by atoms with E-state index in [-0.39, 0.29) is 24.1 Å². The van der Waals surface area contributed by atoms with Crippen LogP contribution in [0.4, 0.5) is 0 Å². The van der Waals surface area contributed by atoms with E-state index in [4.69, 9.17) is 4.74 Å². The molecule has 0 saturated carbocycles. The van der Waals surface area contributed by atoms with E-state index in [0.717, 1.165) is 4.90 Å². The standard InChI is InChI=1S/C21H19N3O6/c1-13(18(26)22-23-19(27)14-7-3-2-4-8-14)30-17(25)11-12-24-20(28)15-9-5-6-10-16(15)21(24)29/h2-10,13H,11-12H2,1H3,(H,22,26)(H,23,27)/t13-/m1/s1. The Morgan fingerprint density at radius 3 is 2.07 bits per heavy atom. The fraction of sp³-hybridized carbons (Fsp3) is 0.190. The summed E-state index contributed by atoms with van der Waals surface area (Å²) in [6.07, 6.45) is -1.45. The maximum atomic E-state index is 12.3. The van der Waals surface area contributed by atoms with Gasteiger partial charge in [0.2, 0.25) is 0 Å². The molecule has 0 spiro atoms. The number of carbonyl (C=O) groups is 5. The minimum Gasteiger partial charge on any atom is -0.452 e. The molecular formula is C21H19N3O6. The highest BCUT2D eigenvalue weighted by molar-refractivity contribution is 6.21. The number of hydrogen-bond acceptors (Lipinski definition) is 6. The third-order valence-corrected chi connectivity index (χ3v) is 4.43. The van der Waals surface area contributed by atoms with Gasteiger partial charge >= 0.3 is 5.97 Å². The lowest BCUT2D eigenvalue weighted by Gasteiger charge is -2.16. The van der Waals surface area contributed by atoms with Crippen LogP contribution in [-0.4, -0.2) is 47.1 Å². The highest BCUT2D eigenvalue weighted by atomic mass is 16.5. The van der Waals surface area contributed by atoms with Gasteiger partial charge in [0.05, 0.1) is 17.5 Å². The molecule has 0 aliphatic carbocycles. The molecule has 154 valence electrons. The molecule has 1 atom stereocenters. The molecule has 4 amide bonds. The first-order valence-corrected chi connectivity index (χ1v) is 9.18. The predicted octanol–water partition coefficient (Wildman–Crippen LogP) is 1.07. The highest BCUT2D eigenvalue weighted by Crippen LogP contribution is 2.22. The number of amides is 4. The average Bonchev–Trinajstić information content (AvgIpc) is 3.01. The number of hydrazine groups is 1. The van der Waals surface area contributed by atoms with Crippen LogP contribution in [0, 0.1) is 0 Å². The third-order valence-electron chi connectivity index (χ3n) is 4.43. The maximum Gasteiger partial charge on any atom is 0.308 e. The SMILES string of the molecule is C[C@@H](OC(=O)CCN1C(=O)c2ccccc2C1=O)C(=O)NNC(=O)c1ccccc1. The smallest absolute Gasteiger partial charge is 0.308 e. The van der Waals surface area contributed by atoms with E-state index in [1.165, 1.54) is 6.92 Å². The van der Waals surface area contributed by atoms with Crippen molar-refractivity contribution in [2.75, 3.05) is 6.54 Å². The Kier molecular flexibility index (Phi) is 6.21. The maximum absolute atomic E-state index is 12.3. The summed E-state index contributed by atoms with van der Waals surface area (Å²) < 4.78 is 5.01. The van der Waals surface area contributed by atoms with Crippen LogP contribution in [0.5, 0.6) is 0 Å². The van der Waals surface area contributed by atoms with Crippen molar-refractivity contribution in [3.05, 3.63) is 71.3 Å². The second-order valence-corrected chi connectivity index (χ2v) is 6.50. The molecule has 3 rings (SSSR count). The number of rotatable bonds is 6. The fourth-order valence-corrected chi connectivity index (χ4v) is 2.84. The van der Waals surface area contributed by atoms with Crippen LogP contribution in [0.3, 0.4) is 0 Å². The van der Waals surface area contributed by atoms with Gasteiger partial charge in [0, 0.05) is 12.1 Å². The van der Waals surface area contributed by atoms with Crippen LogP contribution in [0.15, 0.2) is 54.6 Å². The van der Waals surface area contributed by atoms with Gasteiger partial charge < -0.3 is 4.74 Å². The zero-order chi connectivity index (χ0) is 21.7.